The molecule has 0 saturated carbocycles. The van der Waals surface area contributed by atoms with Gasteiger partial charge < -0.3 is 11.5 Å². The lowest BCUT2D eigenvalue weighted by molar-refractivity contribution is -0.119. The number of nitrogens with two attached hydrogens (primary N) is 2. The lowest BCUT2D eigenvalue weighted by Crippen LogP contribution is -2.33. The number of carbonyl (C=O) groups is 1. The minimum atomic E-state index is -0.335. The number of para-hydroxylation sites is 1. The molecule has 0 heterocycles. The van der Waals surface area contributed by atoms with E-state index >= 15 is 0 Å². The fourth-order valence-corrected chi connectivity index (χ4v) is 2.34. The Hall–Kier alpha value is -2.33. The van der Waals surface area contributed by atoms with Crippen LogP contribution in [0.3, 0.4) is 0 Å². The molecule has 0 aromatic heterocycles. The van der Waals surface area contributed by atoms with Crippen LogP contribution in [0.25, 0.3) is 0 Å². The molecule has 4 heteroatoms. The molecule has 110 valence electrons. The second kappa shape index (κ2) is 6.90. The number of rotatable bonds is 6. The van der Waals surface area contributed by atoms with Crippen LogP contribution < -0.4 is 11.5 Å². The van der Waals surface area contributed by atoms with Gasteiger partial charge in [0.25, 0.3) is 0 Å². The first kappa shape index (κ1) is 15.1. The zero-order chi connectivity index (χ0) is 15.2. The summed E-state index contributed by atoms with van der Waals surface area (Å²) in [7, 11) is 0. The second-order valence-corrected chi connectivity index (χ2v) is 5.24. The van der Waals surface area contributed by atoms with E-state index in [-0.39, 0.29) is 12.5 Å². The van der Waals surface area contributed by atoms with Crippen LogP contribution in [0.15, 0.2) is 48.5 Å². The van der Waals surface area contributed by atoms with E-state index < -0.39 is 0 Å². The van der Waals surface area contributed by atoms with E-state index in [1.807, 2.05) is 41.3 Å². The SMILES string of the molecule is Cc1ccccc1CN(CC(N)=O)Cc1ccccc1N. The van der Waals surface area contributed by atoms with E-state index in [1.54, 1.807) is 0 Å². The molecule has 0 fully saturated rings. The summed E-state index contributed by atoms with van der Waals surface area (Å²) in [5, 5.41) is 0. The van der Waals surface area contributed by atoms with Gasteiger partial charge in [-0.2, -0.15) is 0 Å². The molecule has 0 unspecified atom stereocenters. The van der Waals surface area contributed by atoms with Gasteiger partial charge in [0.05, 0.1) is 6.54 Å². The largest absolute Gasteiger partial charge is 0.398 e. The Kier molecular flexibility index (Phi) is 4.95. The van der Waals surface area contributed by atoms with Gasteiger partial charge in [0.2, 0.25) is 5.91 Å². The molecule has 2 aromatic carbocycles. The van der Waals surface area contributed by atoms with E-state index in [4.69, 9.17) is 11.5 Å². The molecule has 0 atom stereocenters. The Bertz CT molecular complexity index is 577. The van der Waals surface area contributed by atoms with Gasteiger partial charge in [0.1, 0.15) is 0 Å². The van der Waals surface area contributed by atoms with Crippen molar-refractivity contribution in [3.63, 3.8) is 0 Å². The van der Waals surface area contributed by atoms with Crippen LogP contribution in [0.1, 0.15) is 16.7 Å². The highest BCUT2D eigenvalue weighted by atomic mass is 16.1. The highest BCUT2D eigenvalue weighted by molar-refractivity contribution is 5.76. The number of anilines is 1. The normalized spacial score (nSPS) is 10.8. The number of carbonyl (C=O) groups excluding carboxylic acids is 1. The van der Waals surface area contributed by atoms with E-state index in [0.29, 0.717) is 13.1 Å². The van der Waals surface area contributed by atoms with Crippen molar-refractivity contribution in [2.24, 2.45) is 5.73 Å². The maximum absolute atomic E-state index is 11.3. The molecule has 2 rings (SSSR count). The number of aryl methyl sites for hydroxylation is 1. The summed E-state index contributed by atoms with van der Waals surface area (Å²) in [6.45, 7) is 3.55. The Morgan fingerprint density at radius 2 is 1.57 bits per heavy atom. The summed E-state index contributed by atoms with van der Waals surface area (Å²) in [6, 6.07) is 15.8. The molecule has 4 nitrogen and oxygen atoms in total. The number of nitrogens with zero attached hydrogens (tertiary/aromatic N) is 1. The Morgan fingerprint density at radius 3 is 2.19 bits per heavy atom. The number of hydrogen-bond acceptors (Lipinski definition) is 3. The van der Waals surface area contributed by atoms with Crippen LogP contribution in [0, 0.1) is 6.92 Å². The predicted octanol–water partition coefficient (Wildman–Crippen LogP) is 2.06. The summed E-state index contributed by atoms with van der Waals surface area (Å²) in [5.74, 6) is -0.335. The summed E-state index contributed by atoms with van der Waals surface area (Å²) in [5.41, 5.74) is 15.5. The van der Waals surface area contributed by atoms with Crippen LogP contribution in [0.2, 0.25) is 0 Å². The van der Waals surface area contributed by atoms with Gasteiger partial charge in [-0.15, -0.1) is 0 Å². The molecule has 0 aliphatic carbocycles. The average Bonchev–Trinajstić information content (AvgIpc) is 2.43. The summed E-state index contributed by atoms with van der Waals surface area (Å²) in [6.07, 6.45) is 0. The zero-order valence-electron chi connectivity index (χ0n) is 12.3. The highest BCUT2D eigenvalue weighted by Gasteiger charge is 2.12. The van der Waals surface area contributed by atoms with Crippen molar-refractivity contribution in [2.45, 2.75) is 20.0 Å². The Morgan fingerprint density at radius 1 is 1.00 bits per heavy atom. The smallest absolute Gasteiger partial charge is 0.231 e. The predicted molar refractivity (Wildman–Crippen MR) is 85.3 cm³/mol. The summed E-state index contributed by atoms with van der Waals surface area (Å²) in [4.78, 5) is 13.3. The molecule has 0 spiro atoms. The number of hydrogen-bond donors (Lipinski definition) is 2. The van der Waals surface area contributed by atoms with Crippen molar-refractivity contribution in [1.29, 1.82) is 0 Å². The maximum atomic E-state index is 11.3. The van der Waals surface area contributed by atoms with Gasteiger partial charge in [0, 0.05) is 18.8 Å². The van der Waals surface area contributed by atoms with Crippen molar-refractivity contribution >= 4 is 11.6 Å². The molecule has 0 aliphatic heterocycles. The highest BCUT2D eigenvalue weighted by Crippen LogP contribution is 2.16. The van der Waals surface area contributed by atoms with Crippen LogP contribution >= 0.6 is 0 Å². The lowest BCUT2D eigenvalue weighted by atomic mass is 10.1. The number of amides is 1. The third-order valence-electron chi connectivity index (χ3n) is 3.48. The van der Waals surface area contributed by atoms with E-state index in [9.17, 15) is 4.79 Å². The van der Waals surface area contributed by atoms with Gasteiger partial charge in [-0.3, -0.25) is 9.69 Å². The van der Waals surface area contributed by atoms with E-state index in [0.717, 1.165) is 11.3 Å². The third kappa shape index (κ3) is 4.33. The average molecular weight is 283 g/mol. The van der Waals surface area contributed by atoms with Crippen LogP contribution in [0.5, 0.6) is 0 Å². The number of nitrogen functional groups attached to an aromatic ring is 1. The molecular weight excluding hydrogens is 262 g/mol. The molecular formula is C17H21N3O. The van der Waals surface area contributed by atoms with Crippen LogP contribution in [-0.4, -0.2) is 17.4 Å². The maximum Gasteiger partial charge on any atom is 0.231 e. The zero-order valence-corrected chi connectivity index (χ0v) is 12.3. The first-order valence-corrected chi connectivity index (χ1v) is 6.95. The van der Waals surface area contributed by atoms with Gasteiger partial charge in [-0.1, -0.05) is 42.5 Å². The second-order valence-electron chi connectivity index (χ2n) is 5.24. The van der Waals surface area contributed by atoms with Gasteiger partial charge in [-0.25, -0.2) is 0 Å². The fourth-order valence-electron chi connectivity index (χ4n) is 2.34. The minimum Gasteiger partial charge on any atom is -0.398 e. The first-order chi connectivity index (χ1) is 10.1. The third-order valence-corrected chi connectivity index (χ3v) is 3.48. The Balaban J connectivity index is 2.17. The van der Waals surface area contributed by atoms with E-state index in [2.05, 4.69) is 19.1 Å². The molecule has 4 N–H and O–H groups in total. The molecule has 0 saturated heterocycles. The molecule has 0 radical (unpaired) electrons. The van der Waals surface area contributed by atoms with Crippen molar-refractivity contribution < 1.29 is 4.79 Å². The standard InChI is InChI=1S/C17H21N3O/c1-13-6-2-3-7-14(13)10-20(12-17(19)21)11-15-8-4-5-9-16(15)18/h2-9H,10-12,18H2,1H3,(H2,19,21). The van der Waals surface area contributed by atoms with Crippen molar-refractivity contribution in [3.05, 3.63) is 65.2 Å². The van der Waals surface area contributed by atoms with Gasteiger partial charge in [-0.05, 0) is 29.7 Å². The van der Waals surface area contributed by atoms with Crippen LogP contribution in [0.4, 0.5) is 5.69 Å². The van der Waals surface area contributed by atoms with Crippen molar-refractivity contribution in [1.82, 2.24) is 4.90 Å². The van der Waals surface area contributed by atoms with Gasteiger partial charge >= 0.3 is 0 Å². The molecule has 21 heavy (non-hydrogen) atoms. The number of benzene rings is 2. The molecule has 0 bridgehead atoms. The summed E-state index contributed by atoms with van der Waals surface area (Å²) >= 11 is 0. The van der Waals surface area contributed by atoms with E-state index in [1.165, 1.54) is 11.1 Å². The lowest BCUT2D eigenvalue weighted by Gasteiger charge is -2.22. The minimum absolute atomic E-state index is 0.211. The monoisotopic (exact) mass is 283 g/mol. The topological polar surface area (TPSA) is 72.3 Å². The van der Waals surface area contributed by atoms with Crippen molar-refractivity contribution in [2.75, 3.05) is 12.3 Å². The quantitative estimate of drug-likeness (QED) is 0.797. The van der Waals surface area contributed by atoms with Crippen LogP contribution in [-0.2, 0) is 17.9 Å². The molecule has 2 aromatic rings. The number of primary amides is 1. The Labute approximate surface area is 125 Å². The fraction of sp³-hybridized carbons (Fsp3) is 0.235. The molecule has 1 amide bonds. The summed E-state index contributed by atoms with van der Waals surface area (Å²) < 4.78 is 0. The van der Waals surface area contributed by atoms with Gasteiger partial charge in [0.15, 0.2) is 0 Å². The first-order valence-electron chi connectivity index (χ1n) is 6.95. The molecule has 0 aliphatic rings. The van der Waals surface area contributed by atoms with Crippen molar-refractivity contribution in [3.8, 4) is 0 Å².